The third-order valence-electron chi connectivity index (χ3n) is 6.69. The van der Waals surface area contributed by atoms with Crippen LogP contribution in [-0.2, 0) is 0 Å². The molecule has 0 bridgehead atoms. The molecule has 1 fully saturated rings. The Morgan fingerprint density at radius 3 is 2.07 bits per heavy atom. The number of aryl methyl sites for hydroxylation is 1. The summed E-state index contributed by atoms with van der Waals surface area (Å²) in [5, 5.41) is 0. The molecule has 30 heavy (non-hydrogen) atoms. The van der Waals surface area contributed by atoms with Gasteiger partial charge in [-0.2, -0.15) is 0 Å². The predicted molar refractivity (Wildman–Crippen MR) is 122 cm³/mol. The minimum absolute atomic E-state index is 0.304. The van der Waals surface area contributed by atoms with Gasteiger partial charge in [0, 0.05) is 5.56 Å². The molecular weight excluding hydrogens is 374 g/mol. The first-order valence-electron chi connectivity index (χ1n) is 11.2. The fourth-order valence-corrected chi connectivity index (χ4v) is 4.79. The van der Waals surface area contributed by atoms with Crippen LogP contribution in [0.2, 0.25) is 0 Å². The summed E-state index contributed by atoms with van der Waals surface area (Å²) in [4.78, 5) is 0. The van der Waals surface area contributed by atoms with Crippen LogP contribution in [0.3, 0.4) is 0 Å². The van der Waals surface area contributed by atoms with Gasteiger partial charge in [-0.05, 0) is 65.8 Å². The molecule has 4 rings (SSSR count). The topological polar surface area (TPSA) is 0 Å². The van der Waals surface area contributed by atoms with Gasteiger partial charge >= 0.3 is 0 Å². The van der Waals surface area contributed by atoms with E-state index in [2.05, 4.69) is 31.2 Å². The Morgan fingerprint density at radius 2 is 1.40 bits per heavy atom. The normalized spacial score (nSPS) is 18.7. The van der Waals surface area contributed by atoms with E-state index in [-0.39, 0.29) is 0 Å². The van der Waals surface area contributed by atoms with Gasteiger partial charge in [0.25, 0.3) is 0 Å². The second-order valence-corrected chi connectivity index (χ2v) is 8.78. The predicted octanol–water partition coefficient (Wildman–Crippen LogP) is 8.68. The molecule has 0 aromatic heterocycles. The maximum absolute atomic E-state index is 14.3. The van der Waals surface area contributed by atoms with Gasteiger partial charge in [-0.15, -0.1) is 0 Å². The van der Waals surface area contributed by atoms with Crippen molar-refractivity contribution in [1.82, 2.24) is 0 Å². The van der Waals surface area contributed by atoms with Gasteiger partial charge in [-0.3, -0.25) is 0 Å². The molecule has 2 heteroatoms. The SMILES string of the molecule is CCCCC1CCC(c2ccc(-c3ccc(-c4ccc(C)c(F)c4F)cc3)cc2)C1. The maximum Gasteiger partial charge on any atom is 0.166 e. The highest BCUT2D eigenvalue weighted by atomic mass is 19.2. The van der Waals surface area contributed by atoms with E-state index >= 15 is 0 Å². The highest BCUT2D eigenvalue weighted by Gasteiger charge is 2.25. The monoisotopic (exact) mass is 404 g/mol. The van der Waals surface area contributed by atoms with Crippen molar-refractivity contribution in [3.8, 4) is 22.3 Å². The molecule has 0 nitrogen and oxygen atoms in total. The van der Waals surface area contributed by atoms with Crippen LogP contribution < -0.4 is 0 Å². The van der Waals surface area contributed by atoms with Gasteiger partial charge in [-0.1, -0.05) is 86.8 Å². The first-order valence-corrected chi connectivity index (χ1v) is 11.2. The van der Waals surface area contributed by atoms with Crippen molar-refractivity contribution in [2.45, 2.75) is 58.3 Å². The van der Waals surface area contributed by atoms with Crippen LogP contribution in [0.5, 0.6) is 0 Å². The summed E-state index contributed by atoms with van der Waals surface area (Å²) in [5.41, 5.74) is 5.01. The van der Waals surface area contributed by atoms with Gasteiger partial charge in [-0.25, -0.2) is 8.78 Å². The molecule has 1 aliphatic rings. The third kappa shape index (κ3) is 4.33. The van der Waals surface area contributed by atoms with E-state index in [0.29, 0.717) is 22.6 Å². The smallest absolute Gasteiger partial charge is 0.166 e. The van der Waals surface area contributed by atoms with E-state index in [9.17, 15) is 8.78 Å². The van der Waals surface area contributed by atoms with Gasteiger partial charge in [0.1, 0.15) is 0 Å². The number of hydrogen-bond donors (Lipinski definition) is 0. The fraction of sp³-hybridized carbons (Fsp3) is 0.357. The quantitative estimate of drug-likeness (QED) is 0.385. The molecule has 0 N–H and O–H groups in total. The molecule has 0 aliphatic heterocycles. The number of benzene rings is 3. The van der Waals surface area contributed by atoms with E-state index in [1.54, 1.807) is 19.1 Å². The Bertz CT molecular complexity index is 986. The summed E-state index contributed by atoms with van der Waals surface area (Å²) in [5.74, 6) is 0.0498. The lowest BCUT2D eigenvalue weighted by molar-refractivity contribution is 0.474. The largest absolute Gasteiger partial charge is 0.203 e. The van der Waals surface area contributed by atoms with Gasteiger partial charge in [0.2, 0.25) is 0 Å². The van der Waals surface area contributed by atoms with E-state index in [4.69, 9.17) is 0 Å². The lowest BCUT2D eigenvalue weighted by Gasteiger charge is -2.13. The van der Waals surface area contributed by atoms with E-state index in [1.807, 2.05) is 24.3 Å². The van der Waals surface area contributed by atoms with Crippen molar-refractivity contribution in [2.75, 3.05) is 0 Å². The zero-order valence-electron chi connectivity index (χ0n) is 17.9. The highest BCUT2D eigenvalue weighted by molar-refractivity contribution is 5.71. The number of rotatable bonds is 6. The second-order valence-electron chi connectivity index (χ2n) is 8.78. The van der Waals surface area contributed by atoms with Crippen molar-refractivity contribution in [3.63, 3.8) is 0 Å². The molecule has 1 aliphatic carbocycles. The van der Waals surface area contributed by atoms with Crippen LogP contribution in [0.25, 0.3) is 22.3 Å². The average molecular weight is 405 g/mol. The van der Waals surface area contributed by atoms with Crippen LogP contribution in [0, 0.1) is 24.5 Å². The van der Waals surface area contributed by atoms with Crippen LogP contribution >= 0.6 is 0 Å². The van der Waals surface area contributed by atoms with Crippen molar-refractivity contribution in [3.05, 3.63) is 83.4 Å². The minimum atomic E-state index is -0.777. The molecule has 1 saturated carbocycles. The zero-order valence-corrected chi connectivity index (χ0v) is 17.9. The van der Waals surface area contributed by atoms with Crippen molar-refractivity contribution in [2.24, 2.45) is 5.92 Å². The van der Waals surface area contributed by atoms with Crippen molar-refractivity contribution < 1.29 is 8.78 Å². The molecular formula is C28H30F2. The van der Waals surface area contributed by atoms with E-state index < -0.39 is 11.6 Å². The number of hydrogen-bond acceptors (Lipinski definition) is 0. The van der Waals surface area contributed by atoms with Crippen LogP contribution in [0.15, 0.2) is 60.7 Å². The Labute approximate surface area is 179 Å². The molecule has 0 amide bonds. The second kappa shape index (κ2) is 9.12. The highest BCUT2D eigenvalue weighted by Crippen LogP contribution is 2.41. The Hall–Kier alpha value is -2.48. The summed E-state index contributed by atoms with van der Waals surface area (Å²) in [6, 6.07) is 19.9. The van der Waals surface area contributed by atoms with Crippen LogP contribution in [-0.4, -0.2) is 0 Å². The Balaban J connectivity index is 1.47. The standard InChI is InChI=1S/C28H30F2/c1-3-4-5-20-7-8-25(18-20)23-11-9-21(10-12-23)22-13-15-24(16-14-22)26-17-6-19(2)27(29)28(26)30/h6,9-17,20,25H,3-5,7-8,18H2,1-2H3. The zero-order chi connectivity index (χ0) is 21.1. The third-order valence-corrected chi connectivity index (χ3v) is 6.69. The lowest BCUT2D eigenvalue weighted by Crippen LogP contribution is -1.96. The Morgan fingerprint density at radius 1 is 0.767 bits per heavy atom. The van der Waals surface area contributed by atoms with Gasteiger partial charge in [0.05, 0.1) is 0 Å². The molecule has 156 valence electrons. The van der Waals surface area contributed by atoms with E-state index in [1.165, 1.54) is 44.1 Å². The molecule has 0 heterocycles. The van der Waals surface area contributed by atoms with E-state index in [0.717, 1.165) is 17.0 Å². The molecule has 2 unspecified atom stereocenters. The summed E-state index contributed by atoms with van der Waals surface area (Å²) < 4.78 is 28.2. The van der Waals surface area contributed by atoms with Crippen LogP contribution in [0.4, 0.5) is 8.78 Å². The molecule has 0 radical (unpaired) electrons. The summed E-state index contributed by atoms with van der Waals surface area (Å²) in [6.07, 6.45) is 8.02. The first-order chi connectivity index (χ1) is 14.6. The molecule has 0 saturated heterocycles. The fourth-order valence-electron chi connectivity index (χ4n) is 4.79. The van der Waals surface area contributed by atoms with Gasteiger partial charge < -0.3 is 0 Å². The molecule has 3 aromatic rings. The maximum atomic E-state index is 14.3. The average Bonchev–Trinajstić information content (AvgIpc) is 3.25. The summed E-state index contributed by atoms with van der Waals surface area (Å²) >= 11 is 0. The van der Waals surface area contributed by atoms with Crippen LogP contribution in [0.1, 0.15) is 62.5 Å². The lowest BCUT2D eigenvalue weighted by atomic mass is 9.92. The van der Waals surface area contributed by atoms with Crippen molar-refractivity contribution in [1.29, 1.82) is 0 Å². The Kier molecular flexibility index (Phi) is 6.32. The minimum Gasteiger partial charge on any atom is -0.203 e. The molecule has 3 aromatic carbocycles. The molecule has 2 atom stereocenters. The van der Waals surface area contributed by atoms with Gasteiger partial charge in [0.15, 0.2) is 11.6 Å². The first kappa shape index (κ1) is 20.8. The summed E-state index contributed by atoms with van der Waals surface area (Å²) in [7, 11) is 0. The summed E-state index contributed by atoms with van der Waals surface area (Å²) in [6.45, 7) is 3.85. The molecule has 0 spiro atoms. The number of unbranched alkanes of at least 4 members (excludes halogenated alkanes) is 1. The number of halogens is 2. The van der Waals surface area contributed by atoms with Crippen molar-refractivity contribution >= 4 is 0 Å².